The summed E-state index contributed by atoms with van der Waals surface area (Å²) < 4.78 is 23.7. The van der Waals surface area contributed by atoms with E-state index in [2.05, 4.69) is 13.8 Å². The third-order valence-corrected chi connectivity index (χ3v) is 12.3. The number of hydrogen-bond acceptors (Lipinski definition) is 8. The SMILES string of the molecule is CC1C[C@H](O)C2(O)O[C@@H]3C[C@@]4(C)[C@@H](CC[C@@H]5[C@@H]4CC[C@]4(C)[C@@H](C6=CC(=O)OC6)CC[C@]54O)C[C@H]3OC2O1. The first kappa shape index (κ1) is 25.0. The van der Waals surface area contributed by atoms with Gasteiger partial charge in [0.1, 0.15) is 12.7 Å². The Labute approximate surface area is 218 Å². The number of rotatable bonds is 1. The first-order valence-electron chi connectivity index (χ1n) is 14.5. The Hall–Kier alpha value is -1.03. The molecule has 4 saturated carbocycles. The zero-order valence-corrected chi connectivity index (χ0v) is 22.2. The van der Waals surface area contributed by atoms with Gasteiger partial charge in [-0.15, -0.1) is 0 Å². The zero-order chi connectivity index (χ0) is 26.0. The maximum atomic E-state index is 12.5. The third-order valence-electron chi connectivity index (χ3n) is 12.3. The number of carbonyl (C=O) groups is 1. The highest BCUT2D eigenvalue weighted by molar-refractivity contribution is 5.85. The van der Waals surface area contributed by atoms with Crippen LogP contribution in [0.4, 0.5) is 0 Å². The van der Waals surface area contributed by atoms with E-state index in [1.807, 2.05) is 6.92 Å². The van der Waals surface area contributed by atoms with Gasteiger partial charge in [0.05, 0.1) is 23.9 Å². The van der Waals surface area contributed by atoms with Crippen molar-refractivity contribution < 1.29 is 39.1 Å². The van der Waals surface area contributed by atoms with Crippen molar-refractivity contribution in [2.24, 2.45) is 34.5 Å². The molecule has 0 amide bonds. The summed E-state index contributed by atoms with van der Waals surface area (Å²) in [5.41, 5.74) is -0.0261. The highest BCUT2D eigenvalue weighted by Gasteiger charge is 2.69. The van der Waals surface area contributed by atoms with Gasteiger partial charge in [0.15, 0.2) is 0 Å². The quantitative estimate of drug-likeness (QED) is 0.359. The molecule has 3 N–H and O–H groups in total. The van der Waals surface area contributed by atoms with Crippen LogP contribution in [-0.4, -0.2) is 70.0 Å². The molecule has 0 aromatic heterocycles. The van der Waals surface area contributed by atoms with Crippen molar-refractivity contribution in [3.8, 4) is 0 Å². The van der Waals surface area contributed by atoms with Gasteiger partial charge in [-0.1, -0.05) is 13.8 Å². The molecular formula is C29H42O8. The predicted octanol–water partition coefficient (Wildman–Crippen LogP) is 2.82. The zero-order valence-electron chi connectivity index (χ0n) is 22.2. The molecule has 2 saturated heterocycles. The van der Waals surface area contributed by atoms with Gasteiger partial charge in [-0.25, -0.2) is 4.79 Å². The predicted molar refractivity (Wildman–Crippen MR) is 131 cm³/mol. The monoisotopic (exact) mass is 518 g/mol. The Morgan fingerprint density at radius 2 is 1.78 bits per heavy atom. The summed E-state index contributed by atoms with van der Waals surface area (Å²) >= 11 is 0. The molecule has 0 bridgehead atoms. The molecule has 3 unspecified atom stereocenters. The normalized spacial score (nSPS) is 58.8. The van der Waals surface area contributed by atoms with E-state index in [4.69, 9.17) is 18.9 Å². The molecule has 8 heteroatoms. The number of ether oxygens (including phenoxy) is 4. The van der Waals surface area contributed by atoms with Crippen molar-refractivity contribution in [3.05, 3.63) is 11.6 Å². The molecule has 7 rings (SSSR count). The smallest absolute Gasteiger partial charge is 0.331 e. The van der Waals surface area contributed by atoms with Crippen LogP contribution in [-0.2, 0) is 23.7 Å². The number of fused-ring (bicyclic) bond motifs is 7. The van der Waals surface area contributed by atoms with E-state index in [1.54, 1.807) is 6.08 Å². The Morgan fingerprint density at radius 1 is 0.973 bits per heavy atom. The highest BCUT2D eigenvalue weighted by atomic mass is 16.8. The van der Waals surface area contributed by atoms with E-state index < -0.39 is 23.8 Å². The average molecular weight is 519 g/mol. The second kappa shape index (κ2) is 8.01. The lowest BCUT2D eigenvalue weighted by Gasteiger charge is -2.65. The number of hydrogen-bond donors (Lipinski definition) is 3. The van der Waals surface area contributed by atoms with E-state index in [1.165, 1.54) is 0 Å². The maximum Gasteiger partial charge on any atom is 0.331 e. The minimum atomic E-state index is -1.85. The Bertz CT molecular complexity index is 1010. The van der Waals surface area contributed by atoms with Gasteiger partial charge < -0.3 is 34.3 Å². The summed E-state index contributed by atoms with van der Waals surface area (Å²) in [5.74, 6) is -0.928. The molecule has 0 aromatic rings. The summed E-state index contributed by atoms with van der Waals surface area (Å²) in [5, 5.41) is 34.4. The van der Waals surface area contributed by atoms with Crippen molar-refractivity contribution in [1.82, 2.24) is 0 Å². The van der Waals surface area contributed by atoms with Crippen molar-refractivity contribution in [2.75, 3.05) is 6.61 Å². The minimum absolute atomic E-state index is 0.0503. The summed E-state index contributed by atoms with van der Waals surface area (Å²) in [4.78, 5) is 11.8. The Kier molecular flexibility index (Phi) is 5.41. The molecule has 0 aromatic carbocycles. The van der Waals surface area contributed by atoms with Crippen LogP contribution in [0.2, 0.25) is 0 Å². The number of esters is 1. The molecule has 206 valence electrons. The molecule has 3 aliphatic heterocycles. The van der Waals surface area contributed by atoms with Crippen LogP contribution >= 0.6 is 0 Å². The second-order valence-corrected chi connectivity index (χ2v) is 13.8. The van der Waals surface area contributed by atoms with Crippen molar-refractivity contribution in [1.29, 1.82) is 0 Å². The Balaban J connectivity index is 1.16. The van der Waals surface area contributed by atoms with Gasteiger partial charge in [-0.3, -0.25) is 0 Å². The van der Waals surface area contributed by atoms with Crippen molar-refractivity contribution in [2.45, 2.75) is 121 Å². The lowest BCUT2D eigenvalue weighted by molar-refractivity contribution is -0.458. The van der Waals surface area contributed by atoms with E-state index >= 15 is 0 Å². The van der Waals surface area contributed by atoms with Crippen LogP contribution in [0.1, 0.15) is 78.6 Å². The van der Waals surface area contributed by atoms with Gasteiger partial charge in [0, 0.05) is 17.9 Å². The molecule has 6 fully saturated rings. The molecule has 37 heavy (non-hydrogen) atoms. The second-order valence-electron chi connectivity index (χ2n) is 13.8. The van der Waals surface area contributed by atoms with Gasteiger partial charge >= 0.3 is 5.97 Å². The molecule has 8 nitrogen and oxygen atoms in total. The fraction of sp³-hybridized carbons (Fsp3) is 0.897. The molecule has 0 radical (unpaired) electrons. The van der Waals surface area contributed by atoms with Crippen LogP contribution in [0.5, 0.6) is 0 Å². The minimum Gasteiger partial charge on any atom is -0.458 e. The standard InChI is InChI=1S/C29H42O8/c1-15-10-23(30)29(33)25(35-15)36-21-12-17-4-5-20-19(26(17,2)13-22(21)37-29)6-8-27(3)18(7-9-28(20,27)32)16-11-24(31)34-14-16/h11,15,17-23,25,30,32-33H,4-10,12-14H2,1-3H3/t15?,17-,18+,19-,20+,21+,22+,23-,25?,26-,27+,28-,29?/m0/s1. The van der Waals surface area contributed by atoms with Crippen molar-refractivity contribution in [3.63, 3.8) is 0 Å². The average Bonchev–Trinajstić information content (AvgIpc) is 3.37. The number of aliphatic hydroxyl groups is 3. The van der Waals surface area contributed by atoms with Crippen LogP contribution in [0.3, 0.4) is 0 Å². The van der Waals surface area contributed by atoms with Crippen LogP contribution in [0, 0.1) is 34.5 Å². The molecular weight excluding hydrogens is 476 g/mol. The number of cyclic esters (lactones) is 1. The van der Waals surface area contributed by atoms with E-state index in [-0.39, 0.29) is 46.9 Å². The first-order chi connectivity index (χ1) is 17.5. The fourth-order valence-electron chi connectivity index (χ4n) is 10.3. The number of aliphatic hydroxyl groups excluding tert-OH is 1. The number of carbonyl (C=O) groups excluding carboxylic acids is 1. The Morgan fingerprint density at radius 3 is 2.54 bits per heavy atom. The summed E-state index contributed by atoms with van der Waals surface area (Å²) in [6.45, 7) is 6.85. The molecule has 13 atom stereocenters. The van der Waals surface area contributed by atoms with Gasteiger partial charge in [0.2, 0.25) is 12.1 Å². The van der Waals surface area contributed by atoms with E-state index in [0.29, 0.717) is 24.9 Å². The maximum absolute atomic E-state index is 12.5. The molecule has 0 spiro atoms. The van der Waals surface area contributed by atoms with E-state index in [9.17, 15) is 20.1 Å². The van der Waals surface area contributed by atoms with Crippen LogP contribution in [0.15, 0.2) is 11.6 Å². The van der Waals surface area contributed by atoms with Gasteiger partial charge in [0.25, 0.3) is 0 Å². The third kappa shape index (κ3) is 3.26. The largest absolute Gasteiger partial charge is 0.458 e. The van der Waals surface area contributed by atoms with Crippen LogP contribution in [0.25, 0.3) is 0 Å². The lowest BCUT2D eigenvalue weighted by atomic mass is 9.43. The summed E-state index contributed by atoms with van der Waals surface area (Å²) in [6.07, 6.45) is 6.46. The molecule has 3 heterocycles. The summed E-state index contributed by atoms with van der Waals surface area (Å²) in [6, 6.07) is 0. The fourth-order valence-corrected chi connectivity index (χ4v) is 10.3. The van der Waals surface area contributed by atoms with Crippen LogP contribution < -0.4 is 0 Å². The molecule has 4 aliphatic carbocycles. The lowest BCUT2D eigenvalue weighted by Crippen LogP contribution is -2.70. The summed E-state index contributed by atoms with van der Waals surface area (Å²) in [7, 11) is 0. The van der Waals surface area contributed by atoms with Crippen molar-refractivity contribution >= 4 is 5.97 Å². The highest BCUT2D eigenvalue weighted by Crippen LogP contribution is 2.70. The van der Waals surface area contributed by atoms with Gasteiger partial charge in [-0.2, -0.15) is 0 Å². The first-order valence-corrected chi connectivity index (χ1v) is 14.5. The van der Waals surface area contributed by atoms with E-state index in [0.717, 1.165) is 56.9 Å². The van der Waals surface area contributed by atoms with Gasteiger partial charge in [-0.05, 0) is 93.0 Å². The molecule has 7 aliphatic rings. The topological polar surface area (TPSA) is 115 Å².